The Morgan fingerprint density at radius 2 is 2.00 bits per heavy atom. The highest BCUT2D eigenvalue weighted by molar-refractivity contribution is 5.14. The van der Waals surface area contributed by atoms with Crippen LogP contribution in [0.25, 0.3) is 0 Å². The van der Waals surface area contributed by atoms with E-state index in [1.807, 2.05) is 0 Å². The standard InChI is InChI=1S/C17H26N2/c1-2-7-15(8-3-1)9-4-5-12-19-13-16-10-6-11-18-17(16)14-19/h1-3,7-8,16-18H,4-6,9-14H2/t16-,17+/m0/s1. The van der Waals surface area contributed by atoms with Crippen molar-refractivity contribution in [1.29, 1.82) is 0 Å². The average Bonchev–Trinajstić information content (AvgIpc) is 2.87. The molecule has 2 heterocycles. The zero-order valence-corrected chi connectivity index (χ0v) is 11.9. The van der Waals surface area contributed by atoms with Gasteiger partial charge in [0.05, 0.1) is 0 Å². The molecule has 3 rings (SSSR count). The predicted molar refractivity (Wildman–Crippen MR) is 80.3 cm³/mol. The van der Waals surface area contributed by atoms with Crippen molar-refractivity contribution in [3.8, 4) is 0 Å². The second-order valence-electron chi connectivity index (χ2n) is 6.17. The molecular formula is C17H26N2. The first-order chi connectivity index (χ1) is 9.42. The summed E-state index contributed by atoms with van der Waals surface area (Å²) in [7, 11) is 0. The number of piperidine rings is 1. The third-order valence-electron chi connectivity index (χ3n) is 4.71. The number of nitrogens with zero attached hydrogens (tertiary/aromatic N) is 1. The fraction of sp³-hybridized carbons (Fsp3) is 0.647. The first-order valence-corrected chi connectivity index (χ1v) is 7.91. The number of aryl methyl sites for hydroxylation is 1. The SMILES string of the molecule is c1ccc(CCCCN2C[C@@H]3CCCN[C@@H]3C2)cc1. The molecule has 2 fully saturated rings. The van der Waals surface area contributed by atoms with Crippen LogP contribution in [0.5, 0.6) is 0 Å². The molecule has 2 nitrogen and oxygen atoms in total. The maximum absolute atomic E-state index is 3.69. The number of hydrogen-bond donors (Lipinski definition) is 1. The van der Waals surface area contributed by atoms with E-state index in [1.54, 1.807) is 0 Å². The van der Waals surface area contributed by atoms with Gasteiger partial charge in [0.1, 0.15) is 0 Å². The summed E-state index contributed by atoms with van der Waals surface area (Å²) in [6.07, 6.45) is 6.72. The lowest BCUT2D eigenvalue weighted by molar-refractivity contribution is 0.313. The molecule has 0 aromatic heterocycles. The number of fused-ring (bicyclic) bond motifs is 1. The van der Waals surface area contributed by atoms with Gasteiger partial charge in [-0.15, -0.1) is 0 Å². The summed E-state index contributed by atoms with van der Waals surface area (Å²) < 4.78 is 0. The molecule has 2 saturated heterocycles. The van der Waals surface area contributed by atoms with E-state index in [2.05, 4.69) is 40.5 Å². The molecule has 0 spiro atoms. The molecule has 2 aliphatic rings. The van der Waals surface area contributed by atoms with Crippen LogP contribution in [0.1, 0.15) is 31.2 Å². The molecule has 0 unspecified atom stereocenters. The highest BCUT2D eigenvalue weighted by atomic mass is 15.2. The third-order valence-corrected chi connectivity index (χ3v) is 4.71. The van der Waals surface area contributed by atoms with Crippen molar-refractivity contribution in [1.82, 2.24) is 10.2 Å². The normalized spacial score (nSPS) is 27.4. The maximum atomic E-state index is 3.69. The maximum Gasteiger partial charge on any atom is 0.0235 e. The molecule has 0 amide bonds. The van der Waals surface area contributed by atoms with Gasteiger partial charge < -0.3 is 10.2 Å². The molecule has 0 bridgehead atoms. The van der Waals surface area contributed by atoms with Gasteiger partial charge in [0.2, 0.25) is 0 Å². The van der Waals surface area contributed by atoms with E-state index in [-0.39, 0.29) is 0 Å². The molecule has 1 aromatic rings. The van der Waals surface area contributed by atoms with Crippen molar-refractivity contribution in [3.05, 3.63) is 35.9 Å². The lowest BCUT2D eigenvalue weighted by Crippen LogP contribution is -2.40. The Bertz CT molecular complexity index is 362. The second-order valence-corrected chi connectivity index (χ2v) is 6.17. The summed E-state index contributed by atoms with van der Waals surface area (Å²) in [5.41, 5.74) is 1.49. The van der Waals surface area contributed by atoms with Gasteiger partial charge in [-0.05, 0) is 56.7 Å². The molecule has 104 valence electrons. The molecule has 2 atom stereocenters. The molecule has 2 aliphatic heterocycles. The van der Waals surface area contributed by atoms with Crippen LogP contribution in [-0.4, -0.2) is 37.1 Å². The van der Waals surface area contributed by atoms with E-state index >= 15 is 0 Å². The second kappa shape index (κ2) is 6.53. The minimum absolute atomic E-state index is 0.794. The molecular weight excluding hydrogens is 232 g/mol. The monoisotopic (exact) mass is 258 g/mol. The van der Waals surface area contributed by atoms with Crippen LogP contribution < -0.4 is 5.32 Å². The Labute approximate surface area is 117 Å². The largest absolute Gasteiger partial charge is 0.312 e. The number of benzene rings is 1. The van der Waals surface area contributed by atoms with Crippen LogP contribution >= 0.6 is 0 Å². The van der Waals surface area contributed by atoms with Crippen LogP contribution in [0.4, 0.5) is 0 Å². The molecule has 1 aromatic carbocycles. The summed E-state index contributed by atoms with van der Waals surface area (Å²) in [6.45, 7) is 5.16. The summed E-state index contributed by atoms with van der Waals surface area (Å²) in [6, 6.07) is 11.7. The molecule has 19 heavy (non-hydrogen) atoms. The van der Waals surface area contributed by atoms with Crippen LogP contribution in [0.2, 0.25) is 0 Å². The highest BCUT2D eigenvalue weighted by Gasteiger charge is 2.33. The zero-order valence-electron chi connectivity index (χ0n) is 11.9. The molecule has 2 heteroatoms. The van der Waals surface area contributed by atoms with Gasteiger partial charge in [0.25, 0.3) is 0 Å². The number of rotatable bonds is 5. The molecule has 1 N–H and O–H groups in total. The van der Waals surface area contributed by atoms with Gasteiger partial charge in [-0.2, -0.15) is 0 Å². The van der Waals surface area contributed by atoms with Crippen LogP contribution in [0, 0.1) is 5.92 Å². The lowest BCUT2D eigenvalue weighted by atomic mass is 9.94. The summed E-state index contributed by atoms with van der Waals surface area (Å²) in [4.78, 5) is 2.68. The van der Waals surface area contributed by atoms with Crippen molar-refractivity contribution in [2.75, 3.05) is 26.2 Å². The Morgan fingerprint density at radius 3 is 2.84 bits per heavy atom. The van der Waals surface area contributed by atoms with Gasteiger partial charge in [-0.3, -0.25) is 0 Å². The number of unbranched alkanes of at least 4 members (excludes halogenated alkanes) is 1. The van der Waals surface area contributed by atoms with E-state index in [0.29, 0.717) is 0 Å². The van der Waals surface area contributed by atoms with Crippen molar-refractivity contribution in [2.45, 2.75) is 38.1 Å². The minimum atomic E-state index is 0.794. The first-order valence-electron chi connectivity index (χ1n) is 7.91. The van der Waals surface area contributed by atoms with Crippen LogP contribution in [0.15, 0.2) is 30.3 Å². The number of hydrogen-bond acceptors (Lipinski definition) is 2. The van der Waals surface area contributed by atoms with E-state index < -0.39 is 0 Å². The summed E-state index contributed by atoms with van der Waals surface area (Å²) in [5.74, 6) is 0.933. The number of nitrogens with one attached hydrogen (secondary N) is 1. The van der Waals surface area contributed by atoms with Crippen LogP contribution in [0.3, 0.4) is 0 Å². The van der Waals surface area contributed by atoms with Crippen molar-refractivity contribution >= 4 is 0 Å². The molecule has 0 saturated carbocycles. The Balaban J connectivity index is 1.35. The van der Waals surface area contributed by atoms with Crippen molar-refractivity contribution < 1.29 is 0 Å². The summed E-state index contributed by atoms with van der Waals surface area (Å²) >= 11 is 0. The molecule has 0 radical (unpaired) electrons. The fourth-order valence-electron chi connectivity index (χ4n) is 3.63. The van der Waals surface area contributed by atoms with Crippen LogP contribution in [-0.2, 0) is 6.42 Å². The smallest absolute Gasteiger partial charge is 0.0235 e. The van der Waals surface area contributed by atoms with Gasteiger partial charge in [0.15, 0.2) is 0 Å². The van der Waals surface area contributed by atoms with Gasteiger partial charge in [-0.1, -0.05) is 30.3 Å². The van der Waals surface area contributed by atoms with Gasteiger partial charge in [-0.25, -0.2) is 0 Å². The Hall–Kier alpha value is -0.860. The Kier molecular flexibility index (Phi) is 4.52. The van der Waals surface area contributed by atoms with E-state index in [9.17, 15) is 0 Å². The minimum Gasteiger partial charge on any atom is -0.312 e. The average molecular weight is 258 g/mol. The predicted octanol–water partition coefficient (Wildman–Crippen LogP) is 2.69. The Morgan fingerprint density at radius 1 is 1.11 bits per heavy atom. The summed E-state index contributed by atoms with van der Waals surface area (Å²) in [5, 5.41) is 3.69. The van der Waals surface area contributed by atoms with Crippen molar-refractivity contribution in [3.63, 3.8) is 0 Å². The molecule has 0 aliphatic carbocycles. The fourth-order valence-corrected chi connectivity index (χ4v) is 3.63. The first kappa shape index (κ1) is 13.1. The quantitative estimate of drug-likeness (QED) is 0.817. The van der Waals surface area contributed by atoms with E-state index in [1.165, 1.54) is 63.8 Å². The van der Waals surface area contributed by atoms with E-state index in [4.69, 9.17) is 0 Å². The van der Waals surface area contributed by atoms with Crippen molar-refractivity contribution in [2.24, 2.45) is 5.92 Å². The van der Waals surface area contributed by atoms with E-state index in [0.717, 1.165) is 12.0 Å². The van der Waals surface area contributed by atoms with Gasteiger partial charge in [0, 0.05) is 19.1 Å². The number of likely N-dealkylation sites (tertiary alicyclic amines) is 1. The topological polar surface area (TPSA) is 15.3 Å². The third kappa shape index (κ3) is 3.58. The highest BCUT2D eigenvalue weighted by Crippen LogP contribution is 2.24. The zero-order chi connectivity index (χ0) is 12.9. The van der Waals surface area contributed by atoms with Gasteiger partial charge >= 0.3 is 0 Å². The lowest BCUT2D eigenvalue weighted by Gasteiger charge is -2.24.